The monoisotopic (exact) mass is 456 g/mol. The van der Waals surface area contributed by atoms with Gasteiger partial charge in [0.25, 0.3) is 0 Å². The predicted octanol–water partition coefficient (Wildman–Crippen LogP) is 5.25. The molecule has 28 heavy (non-hydrogen) atoms. The molecule has 3 unspecified atom stereocenters. The number of halogens is 5. The summed E-state index contributed by atoms with van der Waals surface area (Å²) >= 11 is 3.19. The van der Waals surface area contributed by atoms with E-state index in [4.69, 9.17) is 9.47 Å². The van der Waals surface area contributed by atoms with Gasteiger partial charge in [-0.05, 0) is 23.8 Å². The van der Waals surface area contributed by atoms with Crippen molar-refractivity contribution in [3.63, 3.8) is 0 Å². The maximum atomic E-state index is 14.2. The lowest BCUT2D eigenvalue weighted by molar-refractivity contribution is -0.138. The van der Waals surface area contributed by atoms with Gasteiger partial charge in [-0.1, -0.05) is 40.2 Å². The molecule has 2 heterocycles. The van der Waals surface area contributed by atoms with Crippen LogP contribution in [0.25, 0.3) is 0 Å². The van der Waals surface area contributed by atoms with E-state index in [0.29, 0.717) is 10.0 Å². The van der Waals surface area contributed by atoms with E-state index < -0.39 is 35.7 Å². The summed E-state index contributed by atoms with van der Waals surface area (Å²) in [7, 11) is 0. The Bertz CT molecular complexity index is 961. The topological polar surface area (TPSA) is 43.2 Å². The SMILES string of the molecule is Fc1cc(Br)ccc1C1COC(C2OC=NC2c2ccccc2C(F)(F)F)=N1. The standard InChI is InChI=1S/C19H13BrF4N2O2/c20-10-5-6-12(14(21)7-10)15-8-27-18(26-15)17-16(25-9-28-17)11-3-1-2-4-13(11)19(22,23)24/h1-7,9,15-17H,8H2. The zero-order chi connectivity index (χ0) is 19.9. The third kappa shape index (κ3) is 3.50. The molecule has 2 aromatic rings. The van der Waals surface area contributed by atoms with Crippen LogP contribution in [-0.2, 0) is 15.7 Å². The third-order valence-corrected chi connectivity index (χ3v) is 5.03. The number of aliphatic imine (C=N–C) groups is 2. The number of nitrogens with zero attached hydrogens (tertiary/aromatic N) is 2. The average molecular weight is 457 g/mol. The highest BCUT2D eigenvalue weighted by molar-refractivity contribution is 9.10. The minimum Gasteiger partial charge on any atom is -0.476 e. The Morgan fingerprint density at radius 2 is 1.86 bits per heavy atom. The molecule has 0 aromatic heterocycles. The van der Waals surface area contributed by atoms with Crippen LogP contribution in [0, 0.1) is 5.82 Å². The van der Waals surface area contributed by atoms with Gasteiger partial charge < -0.3 is 9.47 Å². The molecule has 0 saturated heterocycles. The van der Waals surface area contributed by atoms with Crippen molar-refractivity contribution in [2.75, 3.05) is 6.61 Å². The van der Waals surface area contributed by atoms with Gasteiger partial charge in [0.1, 0.15) is 24.5 Å². The molecule has 2 aromatic carbocycles. The van der Waals surface area contributed by atoms with E-state index in [2.05, 4.69) is 25.9 Å². The van der Waals surface area contributed by atoms with Crippen molar-refractivity contribution in [3.05, 3.63) is 69.4 Å². The summed E-state index contributed by atoms with van der Waals surface area (Å²) in [6, 6.07) is 8.21. The average Bonchev–Trinajstić information content (AvgIpc) is 3.30. The van der Waals surface area contributed by atoms with Gasteiger partial charge in [0.15, 0.2) is 6.40 Å². The molecule has 0 amide bonds. The highest BCUT2D eigenvalue weighted by Crippen LogP contribution is 2.40. The Labute approximate surface area is 166 Å². The number of hydrogen-bond acceptors (Lipinski definition) is 4. The molecule has 0 saturated carbocycles. The third-order valence-electron chi connectivity index (χ3n) is 4.54. The molecule has 0 spiro atoms. The predicted molar refractivity (Wildman–Crippen MR) is 97.8 cm³/mol. The molecule has 0 aliphatic carbocycles. The van der Waals surface area contributed by atoms with Crippen LogP contribution in [0.3, 0.4) is 0 Å². The number of alkyl halides is 3. The molecule has 9 heteroatoms. The molecule has 0 bridgehead atoms. The van der Waals surface area contributed by atoms with Gasteiger partial charge in [0.2, 0.25) is 12.0 Å². The first-order valence-corrected chi connectivity index (χ1v) is 9.12. The summed E-state index contributed by atoms with van der Waals surface area (Å²) < 4.78 is 65.8. The second kappa shape index (κ2) is 7.20. The van der Waals surface area contributed by atoms with E-state index in [1.54, 1.807) is 12.1 Å². The molecular formula is C19H13BrF4N2O2. The number of hydrogen-bond donors (Lipinski definition) is 0. The lowest BCUT2D eigenvalue weighted by Gasteiger charge is -2.20. The Morgan fingerprint density at radius 1 is 1.07 bits per heavy atom. The first kappa shape index (κ1) is 18.9. The largest absolute Gasteiger partial charge is 0.476 e. The Morgan fingerprint density at radius 3 is 2.61 bits per heavy atom. The van der Waals surface area contributed by atoms with Gasteiger partial charge in [0, 0.05) is 10.0 Å². The lowest BCUT2D eigenvalue weighted by Crippen LogP contribution is -2.28. The van der Waals surface area contributed by atoms with Crippen molar-refractivity contribution in [1.82, 2.24) is 0 Å². The quantitative estimate of drug-likeness (QED) is 0.592. The Balaban J connectivity index is 1.64. The van der Waals surface area contributed by atoms with Gasteiger partial charge >= 0.3 is 6.18 Å². The summed E-state index contributed by atoms with van der Waals surface area (Å²) in [5.41, 5.74) is -0.482. The van der Waals surface area contributed by atoms with E-state index >= 15 is 0 Å². The van der Waals surface area contributed by atoms with Crippen LogP contribution in [0.2, 0.25) is 0 Å². The minimum atomic E-state index is -4.53. The van der Waals surface area contributed by atoms with Crippen LogP contribution < -0.4 is 0 Å². The van der Waals surface area contributed by atoms with Crippen molar-refractivity contribution < 1.29 is 27.0 Å². The van der Waals surface area contributed by atoms with E-state index in [0.717, 1.165) is 12.5 Å². The first-order chi connectivity index (χ1) is 13.3. The smallest absolute Gasteiger partial charge is 0.416 e. The van der Waals surface area contributed by atoms with E-state index in [-0.39, 0.29) is 18.1 Å². The molecule has 4 nitrogen and oxygen atoms in total. The molecule has 0 fully saturated rings. The van der Waals surface area contributed by atoms with Crippen LogP contribution >= 0.6 is 15.9 Å². The molecule has 2 aliphatic rings. The van der Waals surface area contributed by atoms with Gasteiger partial charge in [0.05, 0.1) is 5.56 Å². The Hall–Kier alpha value is -2.42. The number of benzene rings is 2. The van der Waals surface area contributed by atoms with Crippen LogP contribution in [-0.4, -0.2) is 25.0 Å². The summed E-state index contributed by atoms with van der Waals surface area (Å²) in [5, 5.41) is 0. The van der Waals surface area contributed by atoms with Crippen molar-refractivity contribution in [2.24, 2.45) is 9.98 Å². The summed E-state index contributed by atoms with van der Waals surface area (Å²) in [5.74, 6) is -0.345. The highest BCUT2D eigenvalue weighted by atomic mass is 79.9. The van der Waals surface area contributed by atoms with Crippen LogP contribution in [0.15, 0.2) is 56.9 Å². The number of ether oxygens (including phenoxy) is 2. The fraction of sp³-hybridized carbons (Fsp3) is 0.263. The molecular weight excluding hydrogens is 444 g/mol. The lowest BCUT2D eigenvalue weighted by atomic mass is 9.96. The van der Waals surface area contributed by atoms with Crippen molar-refractivity contribution in [1.29, 1.82) is 0 Å². The van der Waals surface area contributed by atoms with Gasteiger partial charge in [-0.15, -0.1) is 0 Å². The van der Waals surface area contributed by atoms with Crippen molar-refractivity contribution in [2.45, 2.75) is 24.4 Å². The van der Waals surface area contributed by atoms with E-state index in [1.165, 1.54) is 24.3 Å². The minimum absolute atomic E-state index is 0.0293. The molecule has 2 aliphatic heterocycles. The van der Waals surface area contributed by atoms with E-state index in [9.17, 15) is 17.6 Å². The van der Waals surface area contributed by atoms with Crippen LogP contribution in [0.1, 0.15) is 28.8 Å². The maximum Gasteiger partial charge on any atom is 0.416 e. The second-order valence-corrected chi connectivity index (χ2v) is 7.22. The summed E-state index contributed by atoms with van der Waals surface area (Å²) in [6.07, 6.45) is -4.37. The molecule has 0 radical (unpaired) electrons. The summed E-state index contributed by atoms with van der Waals surface area (Å²) in [4.78, 5) is 8.40. The first-order valence-electron chi connectivity index (χ1n) is 8.33. The number of rotatable bonds is 3. The zero-order valence-corrected chi connectivity index (χ0v) is 15.7. The van der Waals surface area contributed by atoms with Crippen molar-refractivity contribution in [3.8, 4) is 0 Å². The maximum absolute atomic E-state index is 14.2. The fourth-order valence-corrected chi connectivity index (χ4v) is 3.58. The summed E-state index contributed by atoms with van der Waals surface area (Å²) in [6.45, 7) is 0.0708. The molecule has 0 N–H and O–H groups in total. The van der Waals surface area contributed by atoms with Crippen LogP contribution in [0.4, 0.5) is 17.6 Å². The zero-order valence-electron chi connectivity index (χ0n) is 14.2. The molecule has 3 atom stereocenters. The van der Waals surface area contributed by atoms with Gasteiger partial charge in [-0.2, -0.15) is 13.2 Å². The van der Waals surface area contributed by atoms with E-state index in [1.807, 2.05) is 0 Å². The highest BCUT2D eigenvalue weighted by Gasteiger charge is 2.42. The Kier molecular flexibility index (Phi) is 4.86. The van der Waals surface area contributed by atoms with Gasteiger partial charge in [-0.3, -0.25) is 0 Å². The second-order valence-electron chi connectivity index (χ2n) is 6.30. The molecule has 146 valence electrons. The van der Waals surface area contributed by atoms with Crippen molar-refractivity contribution >= 4 is 28.2 Å². The molecule has 4 rings (SSSR count). The fourth-order valence-electron chi connectivity index (χ4n) is 3.25. The van der Waals surface area contributed by atoms with Gasteiger partial charge in [-0.25, -0.2) is 14.4 Å². The van der Waals surface area contributed by atoms with Crippen LogP contribution in [0.5, 0.6) is 0 Å². The normalized spacial score (nSPS) is 24.0.